The van der Waals surface area contributed by atoms with E-state index in [9.17, 15) is 0 Å². The van der Waals surface area contributed by atoms with E-state index in [0.29, 0.717) is 0 Å². The maximum atomic E-state index is 6.04. The van der Waals surface area contributed by atoms with Gasteiger partial charge in [-0.1, -0.05) is 23.7 Å². The maximum absolute atomic E-state index is 6.04. The number of benzene rings is 1. The summed E-state index contributed by atoms with van der Waals surface area (Å²) in [7, 11) is 0. The third kappa shape index (κ3) is 2.02. The normalized spacial score (nSPS) is 17.9. The van der Waals surface area contributed by atoms with E-state index in [1.807, 2.05) is 31.2 Å². The van der Waals surface area contributed by atoms with Gasteiger partial charge in [0.1, 0.15) is 5.72 Å². The van der Waals surface area contributed by atoms with Gasteiger partial charge in [0.2, 0.25) is 0 Å². The Bertz CT molecular complexity index is 323. The average molecular weight is 212 g/mol. The molecule has 3 heteroatoms. The summed E-state index contributed by atoms with van der Waals surface area (Å²) < 4.78 is 5.63. The zero-order chi connectivity index (χ0) is 10.0. The Kier molecular flexibility index (Phi) is 2.66. The Morgan fingerprint density at radius 1 is 1.43 bits per heavy atom. The summed E-state index contributed by atoms with van der Waals surface area (Å²) in [6.45, 7) is 2.74. The minimum atomic E-state index is -0.139. The number of nitrogens with one attached hydrogen (secondary N) is 1. The van der Waals surface area contributed by atoms with E-state index in [0.717, 1.165) is 30.2 Å². The highest BCUT2D eigenvalue weighted by molar-refractivity contribution is 6.33. The zero-order valence-corrected chi connectivity index (χ0v) is 8.97. The second-order valence-corrected chi connectivity index (χ2v) is 3.94. The molecule has 0 bridgehead atoms. The highest BCUT2D eigenvalue weighted by Crippen LogP contribution is 2.41. The van der Waals surface area contributed by atoms with Crippen molar-refractivity contribution < 1.29 is 4.74 Å². The molecule has 0 spiro atoms. The van der Waals surface area contributed by atoms with E-state index in [1.54, 1.807) is 0 Å². The van der Waals surface area contributed by atoms with Crippen molar-refractivity contribution in [1.29, 1.82) is 0 Å². The van der Waals surface area contributed by atoms with E-state index >= 15 is 0 Å². The summed E-state index contributed by atoms with van der Waals surface area (Å²) in [5, 5.41) is 4.09. The number of ether oxygens (including phenoxy) is 1. The molecule has 2 nitrogen and oxygen atoms in total. The Hall–Kier alpha value is -0.730. The van der Waals surface area contributed by atoms with E-state index in [4.69, 9.17) is 16.3 Å². The lowest BCUT2D eigenvalue weighted by atomic mass is 10.3. The van der Waals surface area contributed by atoms with Gasteiger partial charge in [0, 0.05) is 6.61 Å². The van der Waals surface area contributed by atoms with Gasteiger partial charge < -0.3 is 10.1 Å². The Morgan fingerprint density at radius 2 is 2.14 bits per heavy atom. The van der Waals surface area contributed by atoms with Crippen molar-refractivity contribution in [3.8, 4) is 0 Å². The molecule has 1 aliphatic rings. The van der Waals surface area contributed by atoms with Gasteiger partial charge in [-0.2, -0.15) is 0 Å². The quantitative estimate of drug-likeness (QED) is 0.772. The van der Waals surface area contributed by atoms with Crippen LogP contribution in [-0.4, -0.2) is 12.3 Å². The van der Waals surface area contributed by atoms with Crippen molar-refractivity contribution in [1.82, 2.24) is 0 Å². The second kappa shape index (κ2) is 3.79. The summed E-state index contributed by atoms with van der Waals surface area (Å²) in [6, 6.07) is 7.75. The molecule has 0 aromatic heterocycles. The summed E-state index contributed by atoms with van der Waals surface area (Å²) in [5.74, 6) is 0. The van der Waals surface area contributed by atoms with Crippen molar-refractivity contribution in [3.63, 3.8) is 0 Å². The van der Waals surface area contributed by atoms with Gasteiger partial charge in [-0.3, -0.25) is 0 Å². The number of para-hydroxylation sites is 1. The summed E-state index contributed by atoms with van der Waals surface area (Å²) in [4.78, 5) is 0. The van der Waals surface area contributed by atoms with Crippen LogP contribution < -0.4 is 5.32 Å². The fourth-order valence-corrected chi connectivity index (χ4v) is 1.69. The predicted octanol–water partition coefficient (Wildman–Crippen LogP) is 3.28. The Balaban J connectivity index is 2.07. The topological polar surface area (TPSA) is 21.3 Å². The smallest absolute Gasteiger partial charge is 0.139 e. The molecule has 0 radical (unpaired) electrons. The molecule has 0 aliphatic heterocycles. The van der Waals surface area contributed by atoms with Crippen LogP contribution >= 0.6 is 11.6 Å². The van der Waals surface area contributed by atoms with Crippen LogP contribution in [0.25, 0.3) is 0 Å². The van der Waals surface area contributed by atoms with Gasteiger partial charge in [-0.25, -0.2) is 0 Å². The lowest BCUT2D eigenvalue weighted by molar-refractivity contribution is 0.0632. The van der Waals surface area contributed by atoms with Gasteiger partial charge in [0.15, 0.2) is 0 Å². The molecular formula is C11H14ClNO. The largest absolute Gasteiger partial charge is 0.356 e. The van der Waals surface area contributed by atoms with Crippen LogP contribution in [0.3, 0.4) is 0 Å². The second-order valence-electron chi connectivity index (χ2n) is 3.53. The molecule has 14 heavy (non-hydrogen) atoms. The monoisotopic (exact) mass is 211 g/mol. The summed E-state index contributed by atoms with van der Waals surface area (Å²) in [6.07, 6.45) is 2.12. The molecule has 1 aliphatic carbocycles. The molecule has 0 atom stereocenters. The van der Waals surface area contributed by atoms with Crippen molar-refractivity contribution in [2.75, 3.05) is 11.9 Å². The summed E-state index contributed by atoms with van der Waals surface area (Å²) in [5.41, 5.74) is 0.819. The molecule has 0 saturated heterocycles. The summed E-state index contributed by atoms with van der Waals surface area (Å²) >= 11 is 6.04. The number of halogens is 1. The zero-order valence-electron chi connectivity index (χ0n) is 8.22. The van der Waals surface area contributed by atoms with E-state index in [1.165, 1.54) is 0 Å². The fourth-order valence-electron chi connectivity index (χ4n) is 1.50. The lowest BCUT2D eigenvalue weighted by Crippen LogP contribution is -2.25. The first-order valence-electron chi connectivity index (χ1n) is 4.92. The van der Waals surface area contributed by atoms with Crippen LogP contribution in [0.1, 0.15) is 19.8 Å². The van der Waals surface area contributed by atoms with Crippen LogP contribution in [0.4, 0.5) is 5.69 Å². The SMILES string of the molecule is CCOC1(Nc2ccccc2Cl)CC1. The van der Waals surface area contributed by atoms with Gasteiger partial charge in [0.25, 0.3) is 0 Å². The Labute approximate surface area is 89.2 Å². The maximum Gasteiger partial charge on any atom is 0.139 e. The number of rotatable bonds is 4. The first-order chi connectivity index (χ1) is 6.76. The van der Waals surface area contributed by atoms with Crippen molar-refractivity contribution >= 4 is 17.3 Å². The first kappa shape index (κ1) is 9.81. The third-order valence-electron chi connectivity index (χ3n) is 2.36. The third-order valence-corrected chi connectivity index (χ3v) is 2.69. The van der Waals surface area contributed by atoms with Crippen molar-refractivity contribution in [3.05, 3.63) is 29.3 Å². The molecule has 0 heterocycles. The lowest BCUT2D eigenvalue weighted by Gasteiger charge is -2.19. The minimum absolute atomic E-state index is 0.139. The molecule has 0 amide bonds. The molecule has 1 aromatic carbocycles. The standard InChI is InChI=1S/C11H14ClNO/c1-2-14-11(7-8-11)13-10-6-4-3-5-9(10)12/h3-6,13H,2,7-8H2,1H3. The van der Waals surface area contributed by atoms with E-state index in [2.05, 4.69) is 5.32 Å². The first-order valence-corrected chi connectivity index (χ1v) is 5.30. The number of anilines is 1. The number of hydrogen-bond donors (Lipinski definition) is 1. The van der Waals surface area contributed by atoms with Crippen LogP contribution in [0.5, 0.6) is 0 Å². The van der Waals surface area contributed by atoms with Crippen LogP contribution in [0, 0.1) is 0 Å². The molecule has 76 valence electrons. The molecule has 1 aromatic rings. The van der Waals surface area contributed by atoms with Crippen LogP contribution in [0.15, 0.2) is 24.3 Å². The van der Waals surface area contributed by atoms with Gasteiger partial charge in [0.05, 0.1) is 10.7 Å². The average Bonchev–Trinajstić information content (AvgIpc) is 2.90. The molecule has 2 rings (SSSR count). The Morgan fingerprint density at radius 3 is 2.71 bits per heavy atom. The van der Waals surface area contributed by atoms with Crippen molar-refractivity contribution in [2.24, 2.45) is 0 Å². The van der Waals surface area contributed by atoms with Crippen molar-refractivity contribution in [2.45, 2.75) is 25.5 Å². The molecular weight excluding hydrogens is 198 g/mol. The van der Waals surface area contributed by atoms with Crippen LogP contribution in [0.2, 0.25) is 5.02 Å². The van der Waals surface area contributed by atoms with Gasteiger partial charge in [-0.15, -0.1) is 0 Å². The predicted molar refractivity (Wildman–Crippen MR) is 58.7 cm³/mol. The molecule has 1 N–H and O–H groups in total. The molecule has 0 unspecified atom stereocenters. The van der Waals surface area contributed by atoms with E-state index < -0.39 is 0 Å². The fraction of sp³-hybridized carbons (Fsp3) is 0.455. The van der Waals surface area contributed by atoms with Gasteiger partial charge >= 0.3 is 0 Å². The molecule has 1 fully saturated rings. The van der Waals surface area contributed by atoms with Gasteiger partial charge in [-0.05, 0) is 31.9 Å². The van der Waals surface area contributed by atoms with E-state index in [-0.39, 0.29) is 5.72 Å². The highest BCUT2D eigenvalue weighted by Gasteiger charge is 2.44. The van der Waals surface area contributed by atoms with Crippen LogP contribution in [-0.2, 0) is 4.74 Å². The minimum Gasteiger partial charge on any atom is -0.356 e. The highest BCUT2D eigenvalue weighted by atomic mass is 35.5. The molecule has 1 saturated carbocycles. The number of hydrogen-bond acceptors (Lipinski definition) is 2.